The summed E-state index contributed by atoms with van der Waals surface area (Å²) in [5.74, 6) is 1.90. The van der Waals surface area contributed by atoms with Crippen LogP contribution in [0.4, 0.5) is 11.6 Å². The quantitative estimate of drug-likeness (QED) is 0.848. The van der Waals surface area contributed by atoms with E-state index in [1.54, 1.807) is 6.33 Å². The Morgan fingerprint density at radius 1 is 1.41 bits per heavy atom. The zero-order chi connectivity index (χ0) is 12.3. The van der Waals surface area contributed by atoms with Crippen molar-refractivity contribution in [1.29, 1.82) is 0 Å². The third-order valence-corrected chi connectivity index (χ3v) is 3.48. The number of piperazine rings is 1. The van der Waals surface area contributed by atoms with Gasteiger partial charge in [-0.1, -0.05) is 6.92 Å². The van der Waals surface area contributed by atoms with E-state index in [-0.39, 0.29) is 0 Å². The van der Waals surface area contributed by atoms with Gasteiger partial charge in [-0.05, 0) is 13.5 Å². The highest BCUT2D eigenvalue weighted by atomic mass is 15.3. The lowest BCUT2D eigenvalue weighted by molar-refractivity contribution is 0.213. The Bertz CT molecular complexity index is 368. The Kier molecular flexibility index (Phi) is 3.78. The second-order valence-electron chi connectivity index (χ2n) is 4.50. The van der Waals surface area contributed by atoms with Gasteiger partial charge in [0.2, 0.25) is 0 Å². The number of nitrogens with zero attached hydrogens (tertiary/aromatic N) is 4. The molecule has 0 amide bonds. The fourth-order valence-electron chi connectivity index (χ4n) is 2.25. The maximum Gasteiger partial charge on any atom is 0.134 e. The van der Waals surface area contributed by atoms with E-state index >= 15 is 0 Å². The molecule has 1 N–H and O–H groups in total. The first kappa shape index (κ1) is 12.1. The van der Waals surface area contributed by atoms with Crippen LogP contribution in [0.15, 0.2) is 12.4 Å². The van der Waals surface area contributed by atoms with Crippen molar-refractivity contribution in [2.75, 3.05) is 43.9 Å². The maximum atomic E-state index is 4.36. The van der Waals surface area contributed by atoms with Crippen LogP contribution in [0.5, 0.6) is 0 Å². The number of rotatable bonds is 3. The fraction of sp³-hybridized carbons (Fsp3) is 0.667. The molecule has 5 heteroatoms. The first-order chi connectivity index (χ1) is 8.24. The Morgan fingerprint density at radius 2 is 2.24 bits per heavy atom. The number of anilines is 2. The topological polar surface area (TPSA) is 44.3 Å². The van der Waals surface area contributed by atoms with Gasteiger partial charge in [0.1, 0.15) is 18.0 Å². The first-order valence-electron chi connectivity index (χ1n) is 6.19. The van der Waals surface area contributed by atoms with Gasteiger partial charge in [-0.3, -0.25) is 4.90 Å². The highest BCUT2D eigenvalue weighted by Gasteiger charge is 2.23. The summed E-state index contributed by atoms with van der Waals surface area (Å²) in [6.45, 7) is 5.42. The van der Waals surface area contributed by atoms with Gasteiger partial charge in [0, 0.05) is 38.8 Å². The summed E-state index contributed by atoms with van der Waals surface area (Å²) >= 11 is 0. The van der Waals surface area contributed by atoms with Crippen molar-refractivity contribution in [3.63, 3.8) is 0 Å². The molecule has 0 saturated carbocycles. The van der Waals surface area contributed by atoms with Crippen molar-refractivity contribution in [3.8, 4) is 0 Å². The Hall–Kier alpha value is -1.36. The molecule has 2 heterocycles. The molecule has 1 aliphatic heterocycles. The van der Waals surface area contributed by atoms with Crippen LogP contribution in [0.1, 0.15) is 13.3 Å². The average molecular weight is 235 g/mol. The van der Waals surface area contributed by atoms with E-state index in [0.29, 0.717) is 6.04 Å². The van der Waals surface area contributed by atoms with Gasteiger partial charge in [0.25, 0.3) is 0 Å². The molecule has 1 aromatic heterocycles. The van der Waals surface area contributed by atoms with Crippen LogP contribution in [0.3, 0.4) is 0 Å². The molecule has 1 aromatic rings. The lowest BCUT2D eigenvalue weighted by Gasteiger charge is -2.39. The lowest BCUT2D eigenvalue weighted by atomic mass is 10.1. The Labute approximate surface area is 103 Å². The van der Waals surface area contributed by atoms with Crippen LogP contribution in [0.25, 0.3) is 0 Å². The van der Waals surface area contributed by atoms with E-state index < -0.39 is 0 Å². The van der Waals surface area contributed by atoms with Crippen molar-refractivity contribution in [2.45, 2.75) is 19.4 Å². The number of aromatic nitrogens is 2. The summed E-state index contributed by atoms with van der Waals surface area (Å²) in [5, 5.41) is 3.05. The smallest absolute Gasteiger partial charge is 0.134 e. The van der Waals surface area contributed by atoms with Crippen molar-refractivity contribution in [2.24, 2.45) is 0 Å². The largest absolute Gasteiger partial charge is 0.373 e. The van der Waals surface area contributed by atoms with Crippen LogP contribution in [0.2, 0.25) is 0 Å². The molecule has 2 rings (SSSR count). The minimum atomic E-state index is 0.622. The molecule has 17 heavy (non-hydrogen) atoms. The van der Waals surface area contributed by atoms with Gasteiger partial charge >= 0.3 is 0 Å². The lowest BCUT2D eigenvalue weighted by Crippen LogP contribution is -2.51. The summed E-state index contributed by atoms with van der Waals surface area (Å²) in [5.41, 5.74) is 0. The molecule has 94 valence electrons. The van der Waals surface area contributed by atoms with E-state index in [2.05, 4.69) is 39.1 Å². The SMILES string of the molecule is CCC1CN(c2cc(NC)ncn2)CCN1C. The predicted octanol–water partition coefficient (Wildman–Crippen LogP) is 1.05. The van der Waals surface area contributed by atoms with Crippen molar-refractivity contribution in [1.82, 2.24) is 14.9 Å². The predicted molar refractivity (Wildman–Crippen MR) is 70.5 cm³/mol. The summed E-state index contributed by atoms with van der Waals surface area (Å²) in [4.78, 5) is 13.3. The van der Waals surface area contributed by atoms with Crippen LogP contribution in [-0.2, 0) is 0 Å². The summed E-state index contributed by atoms with van der Waals surface area (Å²) in [6.07, 6.45) is 2.80. The Morgan fingerprint density at radius 3 is 2.94 bits per heavy atom. The highest BCUT2D eigenvalue weighted by Crippen LogP contribution is 2.18. The molecular formula is C12H21N5. The molecule has 0 bridgehead atoms. The van der Waals surface area contributed by atoms with Gasteiger partial charge in [0.05, 0.1) is 0 Å². The molecule has 0 aromatic carbocycles. The first-order valence-corrected chi connectivity index (χ1v) is 6.19. The van der Waals surface area contributed by atoms with E-state index in [4.69, 9.17) is 0 Å². The van der Waals surface area contributed by atoms with Crippen LogP contribution in [0, 0.1) is 0 Å². The fourth-order valence-corrected chi connectivity index (χ4v) is 2.25. The van der Waals surface area contributed by atoms with E-state index in [9.17, 15) is 0 Å². The standard InChI is InChI=1S/C12H21N5/c1-4-10-8-17(6-5-16(10)3)12-7-11(13-2)14-9-15-12/h7,9-10H,4-6,8H2,1-3H3,(H,13,14,15). The molecule has 1 saturated heterocycles. The molecule has 1 fully saturated rings. The van der Waals surface area contributed by atoms with Gasteiger partial charge in [0.15, 0.2) is 0 Å². The zero-order valence-corrected chi connectivity index (χ0v) is 10.8. The average Bonchev–Trinajstić information content (AvgIpc) is 2.39. The number of hydrogen-bond acceptors (Lipinski definition) is 5. The van der Waals surface area contributed by atoms with E-state index in [0.717, 1.165) is 31.3 Å². The molecule has 5 nitrogen and oxygen atoms in total. The number of nitrogens with one attached hydrogen (secondary N) is 1. The second-order valence-corrected chi connectivity index (χ2v) is 4.50. The van der Waals surface area contributed by atoms with E-state index in [1.165, 1.54) is 6.42 Å². The van der Waals surface area contributed by atoms with Crippen LogP contribution >= 0.6 is 0 Å². The molecule has 0 aliphatic carbocycles. The zero-order valence-electron chi connectivity index (χ0n) is 10.8. The van der Waals surface area contributed by atoms with Gasteiger partial charge in [-0.15, -0.1) is 0 Å². The highest BCUT2D eigenvalue weighted by molar-refractivity contribution is 5.48. The monoisotopic (exact) mass is 235 g/mol. The van der Waals surface area contributed by atoms with Crippen LogP contribution in [-0.4, -0.2) is 54.6 Å². The minimum Gasteiger partial charge on any atom is -0.373 e. The second kappa shape index (κ2) is 5.31. The van der Waals surface area contributed by atoms with Crippen LogP contribution < -0.4 is 10.2 Å². The van der Waals surface area contributed by atoms with Gasteiger partial charge < -0.3 is 10.2 Å². The third-order valence-electron chi connectivity index (χ3n) is 3.48. The number of hydrogen-bond donors (Lipinski definition) is 1. The minimum absolute atomic E-state index is 0.622. The summed E-state index contributed by atoms with van der Waals surface area (Å²) in [6, 6.07) is 2.63. The normalized spacial score (nSPS) is 21.6. The molecule has 0 spiro atoms. The molecular weight excluding hydrogens is 214 g/mol. The van der Waals surface area contributed by atoms with Crippen molar-refractivity contribution in [3.05, 3.63) is 12.4 Å². The third kappa shape index (κ3) is 2.66. The van der Waals surface area contributed by atoms with Crippen molar-refractivity contribution >= 4 is 11.6 Å². The molecule has 1 unspecified atom stereocenters. The van der Waals surface area contributed by atoms with E-state index in [1.807, 2.05) is 13.1 Å². The molecule has 0 radical (unpaired) electrons. The summed E-state index contributed by atoms with van der Waals surface area (Å²) < 4.78 is 0. The summed E-state index contributed by atoms with van der Waals surface area (Å²) in [7, 11) is 4.08. The van der Waals surface area contributed by atoms with Gasteiger partial charge in [-0.2, -0.15) is 0 Å². The molecule has 1 atom stereocenters. The Balaban J connectivity index is 2.11. The number of likely N-dealkylation sites (N-methyl/N-ethyl adjacent to an activating group) is 1. The molecule has 1 aliphatic rings. The maximum absolute atomic E-state index is 4.36. The van der Waals surface area contributed by atoms with Gasteiger partial charge in [-0.25, -0.2) is 9.97 Å². The van der Waals surface area contributed by atoms with Crippen molar-refractivity contribution < 1.29 is 0 Å².